The molecule has 4 bridgehead atoms. The van der Waals surface area contributed by atoms with Crippen molar-refractivity contribution in [3.63, 3.8) is 0 Å². The number of Topliss-reactive ketones (excluding diaryl/α,β-unsaturated/α-hetero) is 1. The summed E-state index contributed by atoms with van der Waals surface area (Å²) < 4.78 is 39.2. The van der Waals surface area contributed by atoms with Crippen molar-refractivity contribution < 1.29 is 27.3 Å². The van der Waals surface area contributed by atoms with Crippen LogP contribution < -0.4 is 0 Å². The zero-order chi connectivity index (χ0) is 22.2. The van der Waals surface area contributed by atoms with Crippen LogP contribution >= 0.6 is 0 Å². The van der Waals surface area contributed by atoms with Gasteiger partial charge in [-0.25, -0.2) is 0 Å². The highest BCUT2D eigenvalue weighted by Gasteiger charge is 2.59. The van der Waals surface area contributed by atoms with E-state index in [1.807, 2.05) is 7.05 Å². The van der Waals surface area contributed by atoms with E-state index >= 15 is 0 Å². The molecule has 7 nitrogen and oxygen atoms in total. The van der Waals surface area contributed by atoms with Gasteiger partial charge in [0.05, 0.1) is 17.3 Å². The Labute approximate surface area is 186 Å². The molecule has 5 fully saturated rings. The molecule has 5 saturated carbocycles. The van der Waals surface area contributed by atoms with Crippen LogP contribution in [0.25, 0.3) is 0 Å². The third-order valence-electron chi connectivity index (χ3n) is 8.44. The molecule has 0 heterocycles. The zero-order valence-electron chi connectivity index (χ0n) is 18.6. The van der Waals surface area contributed by atoms with Crippen molar-refractivity contribution in [3.05, 3.63) is 0 Å². The number of carbonyl (C=O) groups excluding carboxylic acids is 2. The first kappa shape index (κ1) is 23.2. The average Bonchev–Trinajstić information content (AvgIpc) is 2.73. The largest absolute Gasteiger partial charge is 0.465 e. The van der Waals surface area contributed by atoms with Crippen LogP contribution in [0.2, 0.25) is 0 Å². The molecule has 0 aromatic rings. The van der Waals surface area contributed by atoms with E-state index in [0.29, 0.717) is 43.6 Å². The Morgan fingerprint density at radius 2 is 1.81 bits per heavy atom. The molecule has 8 heteroatoms. The Morgan fingerprint density at radius 3 is 2.42 bits per heavy atom. The van der Waals surface area contributed by atoms with Gasteiger partial charge in [0, 0.05) is 24.4 Å². The molecule has 0 aromatic heterocycles. The van der Waals surface area contributed by atoms with Crippen molar-refractivity contribution >= 4 is 21.9 Å². The van der Waals surface area contributed by atoms with E-state index in [0.717, 1.165) is 44.9 Å². The van der Waals surface area contributed by atoms with E-state index < -0.39 is 20.8 Å². The summed E-state index contributed by atoms with van der Waals surface area (Å²) in [4.78, 5) is 27.3. The van der Waals surface area contributed by atoms with Crippen LogP contribution in [0.3, 0.4) is 0 Å². The van der Waals surface area contributed by atoms with Gasteiger partial charge in [-0.3, -0.25) is 14.1 Å². The predicted octanol–water partition coefficient (Wildman–Crippen LogP) is 3.23. The minimum absolute atomic E-state index is 0.0260. The lowest BCUT2D eigenvalue weighted by Crippen LogP contribution is -2.54. The van der Waals surface area contributed by atoms with Crippen LogP contribution in [0.5, 0.6) is 0 Å². The first-order valence-corrected chi connectivity index (χ1v) is 13.6. The van der Waals surface area contributed by atoms with Gasteiger partial charge in [0.2, 0.25) is 0 Å². The van der Waals surface area contributed by atoms with E-state index in [2.05, 4.69) is 4.90 Å². The lowest BCUT2D eigenvalue weighted by Gasteiger charge is -2.53. The Hall–Kier alpha value is -0.990. The van der Waals surface area contributed by atoms with Gasteiger partial charge in [-0.2, -0.15) is 8.42 Å². The number of hydrogen-bond acceptors (Lipinski definition) is 6. The van der Waals surface area contributed by atoms with Crippen molar-refractivity contribution in [2.24, 2.45) is 23.2 Å². The molecule has 5 aliphatic carbocycles. The Balaban J connectivity index is 1.26. The topological polar surface area (TPSA) is 101 Å². The number of rotatable bonds is 9. The molecule has 176 valence electrons. The molecule has 0 aliphatic heterocycles. The third kappa shape index (κ3) is 5.01. The molecule has 5 rings (SSSR count). The number of nitrogens with zero attached hydrogens (tertiary/aromatic N) is 1. The molecule has 3 unspecified atom stereocenters. The van der Waals surface area contributed by atoms with Gasteiger partial charge in [-0.1, -0.05) is 19.3 Å². The van der Waals surface area contributed by atoms with Crippen molar-refractivity contribution in [1.82, 2.24) is 4.90 Å². The minimum Gasteiger partial charge on any atom is -0.465 e. The molecule has 31 heavy (non-hydrogen) atoms. The maximum Gasteiger partial charge on any atom is 0.312 e. The third-order valence-corrected chi connectivity index (χ3v) is 9.67. The number of ether oxygens (including phenoxy) is 1. The summed E-state index contributed by atoms with van der Waals surface area (Å²) in [6, 6.07) is 0.370. The van der Waals surface area contributed by atoms with Gasteiger partial charge in [-0.05, 0) is 70.8 Å². The molecular weight excluding hydrogens is 418 g/mol. The number of hydrogen-bond donors (Lipinski definition) is 1. The summed E-state index contributed by atoms with van der Waals surface area (Å²) in [5.41, 5.74) is -0.506. The summed E-state index contributed by atoms with van der Waals surface area (Å²) >= 11 is 0. The van der Waals surface area contributed by atoms with Gasteiger partial charge in [0.15, 0.2) is 0 Å². The fourth-order valence-corrected chi connectivity index (χ4v) is 7.84. The molecule has 3 atom stereocenters. The lowest BCUT2D eigenvalue weighted by molar-refractivity contribution is -0.174. The maximum atomic E-state index is 12.9. The molecule has 0 aromatic carbocycles. The lowest BCUT2D eigenvalue weighted by atomic mass is 9.49. The van der Waals surface area contributed by atoms with E-state index in [9.17, 15) is 22.6 Å². The normalized spacial score (nSPS) is 34.3. The smallest absolute Gasteiger partial charge is 0.312 e. The summed E-state index contributed by atoms with van der Waals surface area (Å²) in [6.45, 7) is 0.461. The Kier molecular flexibility index (Phi) is 6.80. The second kappa shape index (κ2) is 9.10. The summed E-state index contributed by atoms with van der Waals surface area (Å²) in [5.74, 6) is 0.651. The van der Waals surface area contributed by atoms with Crippen LogP contribution in [0.4, 0.5) is 0 Å². The molecular formula is C23H37NO6S. The van der Waals surface area contributed by atoms with Gasteiger partial charge >= 0.3 is 5.97 Å². The second-order valence-corrected chi connectivity index (χ2v) is 12.4. The summed E-state index contributed by atoms with van der Waals surface area (Å²) in [5, 5.41) is -0.865. The molecule has 0 amide bonds. The highest BCUT2D eigenvalue weighted by molar-refractivity contribution is 7.86. The summed E-state index contributed by atoms with van der Waals surface area (Å²) in [7, 11) is -2.23. The molecule has 0 saturated heterocycles. The first-order chi connectivity index (χ1) is 14.7. The maximum absolute atomic E-state index is 12.9. The highest BCUT2D eigenvalue weighted by Crippen LogP contribution is 2.59. The van der Waals surface area contributed by atoms with Gasteiger partial charge < -0.3 is 9.64 Å². The Bertz CT molecular complexity index is 772. The van der Waals surface area contributed by atoms with Crippen LogP contribution in [0.1, 0.15) is 77.0 Å². The number of esters is 1. The van der Waals surface area contributed by atoms with E-state index in [1.54, 1.807) is 0 Å². The van der Waals surface area contributed by atoms with Crippen LogP contribution in [0.15, 0.2) is 0 Å². The van der Waals surface area contributed by atoms with Gasteiger partial charge in [0.25, 0.3) is 10.1 Å². The fraction of sp³-hybridized carbons (Fsp3) is 0.913. The van der Waals surface area contributed by atoms with Crippen LogP contribution in [-0.4, -0.2) is 61.1 Å². The molecule has 0 radical (unpaired) electrons. The van der Waals surface area contributed by atoms with Crippen LogP contribution in [-0.2, 0) is 24.4 Å². The average molecular weight is 456 g/mol. The van der Waals surface area contributed by atoms with Crippen molar-refractivity contribution in [2.45, 2.75) is 88.3 Å². The Morgan fingerprint density at radius 1 is 1.16 bits per heavy atom. The van der Waals surface area contributed by atoms with Gasteiger partial charge in [0.1, 0.15) is 5.78 Å². The number of ketones is 1. The van der Waals surface area contributed by atoms with Crippen LogP contribution in [0, 0.1) is 23.2 Å². The molecule has 0 spiro atoms. The van der Waals surface area contributed by atoms with E-state index in [-0.39, 0.29) is 30.8 Å². The van der Waals surface area contributed by atoms with E-state index in [1.165, 1.54) is 6.42 Å². The zero-order valence-corrected chi connectivity index (χ0v) is 19.4. The quantitative estimate of drug-likeness (QED) is 0.324. The monoisotopic (exact) mass is 455 g/mol. The summed E-state index contributed by atoms with van der Waals surface area (Å²) in [6.07, 6.45) is 10.3. The van der Waals surface area contributed by atoms with Gasteiger partial charge in [-0.15, -0.1) is 0 Å². The van der Waals surface area contributed by atoms with Crippen molar-refractivity contribution in [2.75, 3.05) is 20.2 Å². The first-order valence-electron chi connectivity index (χ1n) is 12.1. The van der Waals surface area contributed by atoms with E-state index in [4.69, 9.17) is 4.74 Å². The number of carbonyl (C=O) groups is 2. The highest BCUT2D eigenvalue weighted by atomic mass is 32.2. The van der Waals surface area contributed by atoms with Crippen molar-refractivity contribution in [1.29, 1.82) is 0 Å². The second-order valence-electron chi connectivity index (χ2n) is 10.7. The minimum atomic E-state index is -4.16. The predicted molar refractivity (Wildman–Crippen MR) is 116 cm³/mol. The fourth-order valence-electron chi connectivity index (χ4n) is 6.95. The molecule has 5 aliphatic rings. The SMILES string of the molecule is CN(CC(CCCOC(=O)C12CC3CC(C1)C(=O)C(C3)C2)S(=O)(=O)O)C1CCCCC1. The molecule has 1 N–H and O–H groups in total. The van der Waals surface area contributed by atoms with Crippen molar-refractivity contribution in [3.8, 4) is 0 Å². The standard InChI is InChI=1S/C23H37NO6S/c1-24(19-6-3-2-4-7-19)15-20(31(27,28)29)8-5-9-30-22(26)23-12-16-10-17(13-23)21(25)18(11-16)14-23/h16-20H,2-15H2,1H3,(H,27,28,29).